The van der Waals surface area contributed by atoms with E-state index >= 15 is 0 Å². The summed E-state index contributed by atoms with van der Waals surface area (Å²) < 4.78 is 5.63. The van der Waals surface area contributed by atoms with E-state index < -0.39 is 0 Å². The zero-order valence-corrected chi connectivity index (χ0v) is 20.2. The molecule has 6 nitrogen and oxygen atoms in total. The average molecular weight is 476 g/mol. The second kappa shape index (κ2) is 12.5. The van der Waals surface area contributed by atoms with Crippen LogP contribution in [0.1, 0.15) is 36.2 Å². The Kier molecular flexibility index (Phi) is 9.17. The Balaban J connectivity index is 1.44. The van der Waals surface area contributed by atoms with E-state index in [2.05, 4.69) is 29.8 Å². The zero-order chi connectivity index (χ0) is 24.3. The van der Waals surface area contributed by atoms with Crippen molar-refractivity contribution < 1.29 is 14.3 Å². The van der Waals surface area contributed by atoms with E-state index in [1.807, 2.05) is 30.3 Å². The monoisotopic (exact) mass is 475 g/mol. The van der Waals surface area contributed by atoms with E-state index in [9.17, 15) is 9.59 Å². The molecule has 2 amide bonds. The summed E-state index contributed by atoms with van der Waals surface area (Å²) in [5.74, 6) is 0.790. The minimum Gasteiger partial charge on any atom is -0.493 e. The summed E-state index contributed by atoms with van der Waals surface area (Å²) in [6.45, 7) is 4.77. The molecule has 3 aromatic rings. The molecule has 0 saturated heterocycles. The van der Waals surface area contributed by atoms with Crippen LogP contribution in [-0.4, -0.2) is 23.5 Å². The molecule has 0 aliphatic heterocycles. The molecule has 7 heteroatoms. The fraction of sp³-hybridized carbons (Fsp3) is 0.222. The predicted octanol–water partition coefficient (Wildman–Crippen LogP) is 5.42. The normalized spacial score (nSPS) is 10.4. The smallest absolute Gasteiger partial charge is 0.257 e. The number of nitrogens with one attached hydrogen (secondary N) is 3. The van der Waals surface area contributed by atoms with Gasteiger partial charge in [0.15, 0.2) is 5.11 Å². The first-order valence-electron chi connectivity index (χ1n) is 11.2. The molecule has 0 aliphatic rings. The van der Waals surface area contributed by atoms with Crippen LogP contribution in [0, 0.1) is 5.92 Å². The van der Waals surface area contributed by atoms with Gasteiger partial charge in [0.25, 0.3) is 5.91 Å². The summed E-state index contributed by atoms with van der Waals surface area (Å²) in [7, 11) is 0. The van der Waals surface area contributed by atoms with Gasteiger partial charge in [0.1, 0.15) is 5.75 Å². The van der Waals surface area contributed by atoms with Gasteiger partial charge in [-0.1, -0.05) is 44.2 Å². The van der Waals surface area contributed by atoms with Crippen molar-refractivity contribution in [1.82, 2.24) is 5.32 Å². The van der Waals surface area contributed by atoms with Crippen molar-refractivity contribution in [2.75, 3.05) is 17.2 Å². The van der Waals surface area contributed by atoms with Gasteiger partial charge in [-0.15, -0.1) is 0 Å². The molecule has 0 aliphatic carbocycles. The molecule has 176 valence electrons. The lowest BCUT2D eigenvalue weighted by atomic mass is 10.1. The first-order valence-corrected chi connectivity index (χ1v) is 11.6. The number of benzene rings is 3. The number of hydrogen-bond acceptors (Lipinski definition) is 4. The second-order valence-corrected chi connectivity index (χ2v) is 8.66. The highest BCUT2D eigenvalue weighted by Crippen LogP contribution is 2.15. The minimum atomic E-state index is -0.310. The summed E-state index contributed by atoms with van der Waals surface area (Å²) in [5, 5.41) is 8.71. The highest BCUT2D eigenvalue weighted by molar-refractivity contribution is 7.80. The standard InChI is InChI=1S/C27H29N3O3S/c1-19(2)18-33-24-15-9-21(10-16-24)26(32)30-27(34)29-23-13-11-22(12-14-23)28-25(31)17-8-20-6-4-3-5-7-20/h3-7,9-16,19H,8,17-18H2,1-2H3,(H,28,31)(H2,29,30,32,34). The van der Waals surface area contributed by atoms with Gasteiger partial charge in [0.2, 0.25) is 5.91 Å². The van der Waals surface area contributed by atoms with Crippen LogP contribution < -0.4 is 20.7 Å². The van der Waals surface area contributed by atoms with Crippen molar-refractivity contribution in [3.63, 3.8) is 0 Å². The first-order chi connectivity index (χ1) is 16.4. The van der Waals surface area contributed by atoms with E-state index in [-0.39, 0.29) is 16.9 Å². The lowest BCUT2D eigenvalue weighted by molar-refractivity contribution is -0.116. The molecule has 0 fully saturated rings. The molecule has 0 aromatic heterocycles. The molecule has 0 unspecified atom stereocenters. The Morgan fingerprint density at radius 3 is 2.09 bits per heavy atom. The van der Waals surface area contributed by atoms with Gasteiger partial charge in [0, 0.05) is 23.4 Å². The third-order valence-electron chi connectivity index (χ3n) is 4.84. The summed E-state index contributed by atoms with van der Waals surface area (Å²) in [6.07, 6.45) is 1.10. The van der Waals surface area contributed by atoms with E-state index in [1.165, 1.54) is 0 Å². The van der Waals surface area contributed by atoms with E-state index in [4.69, 9.17) is 17.0 Å². The molecule has 0 radical (unpaired) electrons. The number of ether oxygens (including phenoxy) is 1. The lowest BCUT2D eigenvalue weighted by Gasteiger charge is -2.12. The fourth-order valence-corrected chi connectivity index (χ4v) is 3.28. The van der Waals surface area contributed by atoms with Gasteiger partial charge in [-0.2, -0.15) is 0 Å². The highest BCUT2D eigenvalue weighted by atomic mass is 32.1. The van der Waals surface area contributed by atoms with Crippen molar-refractivity contribution in [2.24, 2.45) is 5.92 Å². The average Bonchev–Trinajstić information content (AvgIpc) is 2.83. The van der Waals surface area contributed by atoms with Crippen molar-refractivity contribution in [1.29, 1.82) is 0 Å². The van der Waals surface area contributed by atoms with E-state index in [1.54, 1.807) is 48.5 Å². The highest BCUT2D eigenvalue weighted by Gasteiger charge is 2.09. The Bertz CT molecular complexity index is 1100. The Labute approximate surface area is 205 Å². The molecular formula is C27H29N3O3S. The molecule has 0 spiro atoms. The number of carbonyl (C=O) groups excluding carboxylic acids is 2. The van der Waals surface area contributed by atoms with Crippen molar-refractivity contribution in [3.05, 3.63) is 90.0 Å². The van der Waals surface area contributed by atoms with Gasteiger partial charge in [-0.3, -0.25) is 14.9 Å². The maximum atomic E-state index is 12.4. The number of amides is 2. The summed E-state index contributed by atoms with van der Waals surface area (Å²) in [4.78, 5) is 24.6. The Hall–Kier alpha value is -3.71. The Morgan fingerprint density at radius 1 is 0.853 bits per heavy atom. The number of hydrogen-bond donors (Lipinski definition) is 3. The molecule has 0 heterocycles. The molecule has 0 bridgehead atoms. The summed E-state index contributed by atoms with van der Waals surface area (Å²) >= 11 is 5.25. The van der Waals surface area contributed by atoms with Crippen molar-refractivity contribution >= 4 is 40.5 Å². The second-order valence-electron chi connectivity index (χ2n) is 8.25. The summed E-state index contributed by atoms with van der Waals surface area (Å²) in [5.41, 5.74) is 3.00. The van der Waals surface area contributed by atoms with Gasteiger partial charge < -0.3 is 15.4 Å². The third-order valence-corrected chi connectivity index (χ3v) is 5.04. The zero-order valence-electron chi connectivity index (χ0n) is 19.3. The van der Waals surface area contributed by atoms with Crippen molar-refractivity contribution in [3.8, 4) is 5.75 Å². The molecular weight excluding hydrogens is 446 g/mol. The van der Waals surface area contributed by atoms with E-state index in [0.29, 0.717) is 42.3 Å². The van der Waals surface area contributed by atoms with Gasteiger partial charge in [-0.25, -0.2) is 0 Å². The van der Waals surface area contributed by atoms with Crippen molar-refractivity contribution in [2.45, 2.75) is 26.7 Å². The number of aryl methyl sites for hydroxylation is 1. The SMILES string of the molecule is CC(C)COc1ccc(C(=O)NC(=S)Nc2ccc(NC(=O)CCc3ccccc3)cc2)cc1. The van der Waals surface area contributed by atoms with Crippen LogP contribution in [0.3, 0.4) is 0 Å². The Morgan fingerprint density at radius 2 is 1.47 bits per heavy atom. The predicted molar refractivity (Wildman–Crippen MR) is 140 cm³/mol. The number of anilines is 2. The van der Waals surface area contributed by atoms with Gasteiger partial charge in [-0.05, 0) is 78.7 Å². The van der Waals surface area contributed by atoms with Crippen LogP contribution in [0.25, 0.3) is 0 Å². The van der Waals surface area contributed by atoms with Crippen LogP contribution in [0.4, 0.5) is 11.4 Å². The minimum absolute atomic E-state index is 0.0482. The number of rotatable bonds is 9. The van der Waals surface area contributed by atoms with Crippen LogP contribution in [0.5, 0.6) is 5.75 Å². The fourth-order valence-electron chi connectivity index (χ4n) is 3.07. The molecule has 0 saturated carbocycles. The molecule has 3 rings (SSSR count). The molecule has 3 N–H and O–H groups in total. The molecule has 34 heavy (non-hydrogen) atoms. The van der Waals surface area contributed by atoms with Gasteiger partial charge in [0.05, 0.1) is 6.61 Å². The number of thiocarbonyl (C=S) groups is 1. The third kappa shape index (κ3) is 8.33. The van der Waals surface area contributed by atoms with Crippen LogP contribution in [-0.2, 0) is 11.2 Å². The number of carbonyl (C=O) groups is 2. The summed E-state index contributed by atoms with van der Waals surface area (Å²) in [6, 6.07) is 23.9. The maximum Gasteiger partial charge on any atom is 0.257 e. The molecule has 3 aromatic carbocycles. The largest absolute Gasteiger partial charge is 0.493 e. The van der Waals surface area contributed by atoms with Crippen LogP contribution in [0.15, 0.2) is 78.9 Å². The van der Waals surface area contributed by atoms with Gasteiger partial charge >= 0.3 is 0 Å². The topological polar surface area (TPSA) is 79.5 Å². The molecule has 0 atom stereocenters. The quantitative estimate of drug-likeness (QED) is 0.360. The first kappa shape index (κ1) is 24.9. The lowest BCUT2D eigenvalue weighted by Crippen LogP contribution is -2.34. The van der Waals surface area contributed by atoms with E-state index in [0.717, 1.165) is 11.3 Å². The van der Waals surface area contributed by atoms with Crippen LogP contribution in [0.2, 0.25) is 0 Å². The maximum absolute atomic E-state index is 12.4. The van der Waals surface area contributed by atoms with Crippen LogP contribution >= 0.6 is 12.2 Å².